The van der Waals surface area contributed by atoms with Crippen LogP contribution in [0, 0.1) is 12.8 Å². The van der Waals surface area contributed by atoms with Gasteiger partial charge in [0.25, 0.3) is 11.8 Å². The Morgan fingerprint density at radius 2 is 1.77 bits per heavy atom. The summed E-state index contributed by atoms with van der Waals surface area (Å²) in [6, 6.07) is 12.2. The van der Waals surface area contributed by atoms with Crippen molar-refractivity contribution in [3.05, 3.63) is 58.1 Å². The van der Waals surface area contributed by atoms with E-state index < -0.39 is 11.8 Å². The van der Waals surface area contributed by atoms with Gasteiger partial charge in [-0.2, -0.15) is 0 Å². The Balaban J connectivity index is 1.74. The van der Waals surface area contributed by atoms with Crippen molar-refractivity contribution >= 4 is 45.1 Å². The van der Waals surface area contributed by atoms with Crippen LogP contribution < -0.4 is 25.6 Å². The quantitative estimate of drug-likeness (QED) is 0.404. The Morgan fingerprint density at radius 1 is 1.07 bits per heavy atom. The second kappa shape index (κ2) is 11.5. The van der Waals surface area contributed by atoms with Crippen molar-refractivity contribution in [3.63, 3.8) is 0 Å². The van der Waals surface area contributed by atoms with E-state index in [0.717, 1.165) is 10.0 Å². The number of carbonyl (C=O) groups excluding carboxylic acids is 2. The molecule has 0 aliphatic rings. The lowest BCUT2D eigenvalue weighted by atomic mass is 10.2. The molecule has 2 aromatic carbocycles. The van der Waals surface area contributed by atoms with Gasteiger partial charge in [-0.15, -0.1) is 0 Å². The van der Waals surface area contributed by atoms with Gasteiger partial charge in [-0.25, -0.2) is 0 Å². The molecule has 0 saturated heterocycles. The number of aryl methyl sites for hydroxylation is 1. The number of hydrogen-bond donors (Lipinski definition) is 3. The maximum atomic E-state index is 12.2. The average molecular weight is 494 g/mol. The maximum Gasteiger partial charge on any atom is 0.276 e. The van der Waals surface area contributed by atoms with Gasteiger partial charge in [-0.3, -0.25) is 25.8 Å². The monoisotopic (exact) mass is 493 g/mol. The van der Waals surface area contributed by atoms with E-state index in [0.29, 0.717) is 29.6 Å². The minimum Gasteiger partial charge on any atom is -0.493 e. The van der Waals surface area contributed by atoms with Crippen molar-refractivity contribution in [2.24, 2.45) is 5.92 Å². The van der Waals surface area contributed by atoms with Crippen LogP contribution in [0.3, 0.4) is 0 Å². The molecule has 30 heavy (non-hydrogen) atoms. The molecule has 0 unspecified atom stereocenters. The molecule has 160 valence electrons. The summed E-state index contributed by atoms with van der Waals surface area (Å²) in [6.45, 7) is 6.45. The molecule has 0 spiro atoms. The number of halogens is 1. The minimum absolute atomic E-state index is 0.0370. The lowest BCUT2D eigenvalue weighted by molar-refractivity contribution is -0.123. The van der Waals surface area contributed by atoms with E-state index in [1.807, 2.05) is 19.1 Å². The molecule has 0 radical (unpaired) electrons. The number of hydrazine groups is 1. The highest BCUT2D eigenvalue weighted by atomic mass is 79.9. The summed E-state index contributed by atoms with van der Waals surface area (Å²) in [7, 11) is 0. The Bertz CT molecular complexity index is 904. The summed E-state index contributed by atoms with van der Waals surface area (Å²) in [5.74, 6) is 0.791. The van der Waals surface area contributed by atoms with E-state index in [2.05, 4.69) is 45.9 Å². The predicted octanol–water partition coefficient (Wildman–Crippen LogP) is 3.51. The van der Waals surface area contributed by atoms with Crippen molar-refractivity contribution in [2.75, 3.05) is 13.2 Å². The first-order valence-corrected chi connectivity index (χ1v) is 10.5. The van der Waals surface area contributed by atoms with Crippen LogP contribution in [-0.2, 0) is 4.79 Å². The lowest BCUT2D eigenvalue weighted by Crippen LogP contribution is -2.49. The van der Waals surface area contributed by atoms with Crippen LogP contribution in [0.4, 0.5) is 0 Å². The number of amides is 2. The fraction of sp³-hybridized carbons (Fsp3) is 0.286. The Morgan fingerprint density at radius 3 is 2.40 bits per heavy atom. The molecular weight excluding hydrogens is 470 g/mol. The number of benzene rings is 2. The first kappa shape index (κ1) is 23.6. The summed E-state index contributed by atoms with van der Waals surface area (Å²) < 4.78 is 11.8. The fourth-order valence-corrected chi connectivity index (χ4v) is 2.95. The largest absolute Gasteiger partial charge is 0.493 e. The normalized spacial score (nSPS) is 10.3. The molecule has 2 amide bonds. The van der Waals surface area contributed by atoms with Gasteiger partial charge in [0.1, 0.15) is 11.5 Å². The number of ether oxygens (including phenoxy) is 2. The zero-order chi connectivity index (χ0) is 22.1. The standard InChI is InChI=1S/C21H24BrN3O4S/c1-13(2)11-28-16-7-5-15(6-8-16)20(27)23-21(30)25-24-19(26)12-29-18-9-4-14(3)10-17(18)22/h4-10,13H,11-12H2,1-3H3,(H,24,26)(H2,23,25,27,30). The molecular formula is C21H24BrN3O4S. The summed E-state index contributed by atoms with van der Waals surface area (Å²) in [5.41, 5.74) is 6.32. The minimum atomic E-state index is -0.453. The zero-order valence-corrected chi connectivity index (χ0v) is 19.4. The Labute approximate surface area is 189 Å². The van der Waals surface area contributed by atoms with Crippen LogP contribution >= 0.6 is 28.1 Å². The molecule has 0 bridgehead atoms. The summed E-state index contributed by atoms with van der Waals surface area (Å²) in [5, 5.41) is 2.45. The summed E-state index contributed by atoms with van der Waals surface area (Å²) in [4.78, 5) is 24.1. The van der Waals surface area contributed by atoms with E-state index >= 15 is 0 Å². The lowest BCUT2D eigenvalue weighted by Gasteiger charge is -2.12. The van der Waals surface area contributed by atoms with Crippen molar-refractivity contribution in [1.82, 2.24) is 16.2 Å². The van der Waals surface area contributed by atoms with Crippen LogP contribution in [-0.4, -0.2) is 30.1 Å². The summed E-state index contributed by atoms with van der Waals surface area (Å²) in [6.07, 6.45) is 0. The third kappa shape index (κ3) is 8.00. The molecule has 0 fully saturated rings. The molecule has 0 heterocycles. The maximum absolute atomic E-state index is 12.2. The van der Waals surface area contributed by atoms with Gasteiger partial charge in [0, 0.05) is 5.56 Å². The highest BCUT2D eigenvalue weighted by Gasteiger charge is 2.10. The van der Waals surface area contributed by atoms with Crippen molar-refractivity contribution < 1.29 is 19.1 Å². The van der Waals surface area contributed by atoms with Gasteiger partial charge in [0.05, 0.1) is 11.1 Å². The molecule has 3 N–H and O–H groups in total. The molecule has 2 aromatic rings. The zero-order valence-electron chi connectivity index (χ0n) is 17.0. The molecule has 0 aliphatic carbocycles. The molecule has 0 atom stereocenters. The predicted molar refractivity (Wildman–Crippen MR) is 122 cm³/mol. The first-order chi connectivity index (χ1) is 14.2. The van der Waals surface area contributed by atoms with Crippen LogP contribution in [0.15, 0.2) is 46.9 Å². The van der Waals surface area contributed by atoms with E-state index in [-0.39, 0.29) is 11.7 Å². The SMILES string of the molecule is Cc1ccc(OCC(=O)NNC(=S)NC(=O)c2ccc(OCC(C)C)cc2)c(Br)c1. The van der Waals surface area contributed by atoms with E-state index in [1.165, 1.54) is 0 Å². The van der Waals surface area contributed by atoms with Gasteiger partial charge in [-0.05, 0) is 83.0 Å². The number of carbonyl (C=O) groups is 2. The van der Waals surface area contributed by atoms with Crippen LogP contribution in [0.2, 0.25) is 0 Å². The van der Waals surface area contributed by atoms with Crippen molar-refractivity contribution in [3.8, 4) is 11.5 Å². The number of rotatable bonds is 7. The average Bonchev–Trinajstić information content (AvgIpc) is 2.70. The van der Waals surface area contributed by atoms with E-state index in [9.17, 15) is 9.59 Å². The van der Waals surface area contributed by atoms with E-state index in [1.54, 1.807) is 30.3 Å². The van der Waals surface area contributed by atoms with Gasteiger partial charge >= 0.3 is 0 Å². The van der Waals surface area contributed by atoms with Crippen LogP contribution in [0.5, 0.6) is 11.5 Å². The molecule has 2 rings (SSSR count). The number of hydrogen-bond acceptors (Lipinski definition) is 5. The first-order valence-electron chi connectivity index (χ1n) is 9.26. The molecule has 0 saturated carbocycles. The molecule has 9 heteroatoms. The van der Waals surface area contributed by atoms with Gasteiger partial charge < -0.3 is 9.47 Å². The smallest absolute Gasteiger partial charge is 0.276 e. The van der Waals surface area contributed by atoms with Gasteiger partial charge in [-0.1, -0.05) is 19.9 Å². The topological polar surface area (TPSA) is 88.7 Å². The molecule has 0 aromatic heterocycles. The highest BCUT2D eigenvalue weighted by molar-refractivity contribution is 9.10. The number of thiocarbonyl (C=S) groups is 1. The summed E-state index contributed by atoms with van der Waals surface area (Å²) >= 11 is 8.41. The Hall–Kier alpha value is -2.65. The highest BCUT2D eigenvalue weighted by Crippen LogP contribution is 2.25. The van der Waals surface area contributed by atoms with Crippen molar-refractivity contribution in [2.45, 2.75) is 20.8 Å². The van der Waals surface area contributed by atoms with Crippen molar-refractivity contribution in [1.29, 1.82) is 0 Å². The number of nitrogens with one attached hydrogen (secondary N) is 3. The van der Waals surface area contributed by atoms with Crippen LogP contribution in [0.25, 0.3) is 0 Å². The molecule has 7 nitrogen and oxygen atoms in total. The second-order valence-electron chi connectivity index (χ2n) is 6.91. The van der Waals surface area contributed by atoms with E-state index in [4.69, 9.17) is 21.7 Å². The Kier molecular flexibility index (Phi) is 9.07. The van der Waals surface area contributed by atoms with Gasteiger partial charge in [0.2, 0.25) is 0 Å². The third-order valence-electron chi connectivity index (χ3n) is 3.69. The van der Waals surface area contributed by atoms with Crippen LogP contribution in [0.1, 0.15) is 29.8 Å². The fourth-order valence-electron chi connectivity index (χ4n) is 2.20. The second-order valence-corrected chi connectivity index (χ2v) is 8.17. The third-order valence-corrected chi connectivity index (χ3v) is 4.51. The van der Waals surface area contributed by atoms with Gasteiger partial charge in [0.15, 0.2) is 11.7 Å². The molecule has 0 aliphatic heterocycles.